The van der Waals surface area contributed by atoms with Crippen molar-refractivity contribution in [2.24, 2.45) is 5.92 Å². The number of hydrogen-bond donors (Lipinski definition) is 1. The third-order valence-corrected chi connectivity index (χ3v) is 3.79. The molecule has 0 aromatic carbocycles. The lowest BCUT2D eigenvalue weighted by Crippen LogP contribution is -2.34. The molecule has 0 bridgehead atoms. The molecule has 4 nitrogen and oxygen atoms in total. The summed E-state index contributed by atoms with van der Waals surface area (Å²) in [6.07, 6.45) is 2.38. The lowest BCUT2D eigenvalue weighted by atomic mass is 9.84. The molecule has 17 heavy (non-hydrogen) atoms. The summed E-state index contributed by atoms with van der Waals surface area (Å²) in [7, 11) is 1.66. The van der Waals surface area contributed by atoms with Crippen LogP contribution in [0.1, 0.15) is 32.9 Å². The molecule has 0 amide bonds. The minimum Gasteiger partial charge on any atom is -0.383 e. The number of methoxy groups -OCH3 is 1. The van der Waals surface area contributed by atoms with Crippen LogP contribution in [-0.4, -0.2) is 28.6 Å². The molecule has 1 N–H and O–H groups in total. The van der Waals surface area contributed by atoms with Gasteiger partial charge in [0.25, 0.3) is 0 Å². The van der Waals surface area contributed by atoms with Gasteiger partial charge in [0.05, 0.1) is 29.5 Å². The quantitative estimate of drug-likeness (QED) is 0.878. The van der Waals surface area contributed by atoms with Crippen LogP contribution in [0.5, 0.6) is 0 Å². The van der Waals surface area contributed by atoms with Crippen molar-refractivity contribution < 1.29 is 9.84 Å². The maximum Gasteiger partial charge on any atom is 0.109 e. The molecule has 98 valence electrons. The first kappa shape index (κ1) is 14.7. The number of hydrogen-bond acceptors (Lipinski definition) is 3. The van der Waals surface area contributed by atoms with E-state index < -0.39 is 5.60 Å². The molecule has 0 aliphatic carbocycles. The van der Waals surface area contributed by atoms with Gasteiger partial charge in [-0.2, -0.15) is 5.10 Å². The van der Waals surface area contributed by atoms with Crippen molar-refractivity contribution in [1.29, 1.82) is 0 Å². The van der Waals surface area contributed by atoms with Gasteiger partial charge in [-0.1, -0.05) is 20.8 Å². The van der Waals surface area contributed by atoms with Crippen molar-refractivity contribution in [3.63, 3.8) is 0 Å². The second-order valence-electron chi connectivity index (χ2n) is 4.49. The number of halogens is 1. The summed E-state index contributed by atoms with van der Waals surface area (Å²) >= 11 is 3.47. The Balaban J connectivity index is 3.13. The monoisotopic (exact) mass is 304 g/mol. The molecule has 0 saturated carbocycles. The van der Waals surface area contributed by atoms with Crippen LogP contribution < -0.4 is 0 Å². The van der Waals surface area contributed by atoms with E-state index >= 15 is 0 Å². The van der Waals surface area contributed by atoms with Gasteiger partial charge in [0.15, 0.2) is 0 Å². The molecule has 5 heteroatoms. The van der Waals surface area contributed by atoms with Crippen molar-refractivity contribution in [3.05, 3.63) is 16.4 Å². The maximum atomic E-state index is 10.8. The number of aliphatic hydroxyl groups is 1. The molecule has 1 rings (SSSR count). The van der Waals surface area contributed by atoms with Gasteiger partial charge >= 0.3 is 0 Å². The molecular formula is C12H21BrN2O2. The van der Waals surface area contributed by atoms with E-state index in [1.54, 1.807) is 13.3 Å². The Labute approximate surface area is 111 Å². The third kappa shape index (κ3) is 2.89. The van der Waals surface area contributed by atoms with Crippen molar-refractivity contribution in [3.8, 4) is 0 Å². The third-order valence-electron chi connectivity index (χ3n) is 3.21. The fourth-order valence-corrected chi connectivity index (χ4v) is 2.63. The summed E-state index contributed by atoms with van der Waals surface area (Å²) in [5.74, 6) is 0.127. The van der Waals surface area contributed by atoms with Gasteiger partial charge in [0, 0.05) is 7.11 Å². The van der Waals surface area contributed by atoms with Crippen LogP contribution >= 0.6 is 15.9 Å². The molecule has 0 radical (unpaired) electrons. The smallest absolute Gasteiger partial charge is 0.109 e. The molecule has 1 heterocycles. The predicted octanol–water partition coefficient (Wildman–Crippen LogP) is 2.55. The van der Waals surface area contributed by atoms with Crippen LogP contribution in [-0.2, 0) is 16.9 Å². The largest absolute Gasteiger partial charge is 0.383 e. The Hall–Kier alpha value is -0.390. The number of rotatable bonds is 6. The number of nitrogens with zero attached hydrogens (tertiary/aromatic N) is 2. The van der Waals surface area contributed by atoms with Crippen LogP contribution in [0.3, 0.4) is 0 Å². The molecule has 0 aliphatic heterocycles. The minimum absolute atomic E-state index is 0.127. The first-order valence-corrected chi connectivity index (χ1v) is 6.69. The highest BCUT2D eigenvalue weighted by Crippen LogP contribution is 2.37. The van der Waals surface area contributed by atoms with Gasteiger partial charge in [0.2, 0.25) is 0 Å². The summed E-state index contributed by atoms with van der Waals surface area (Å²) in [4.78, 5) is 0. The molecule has 0 fully saturated rings. The van der Waals surface area contributed by atoms with E-state index in [2.05, 4.69) is 21.0 Å². The summed E-state index contributed by atoms with van der Waals surface area (Å²) in [5, 5.41) is 15.1. The molecule has 1 aromatic heterocycles. The summed E-state index contributed by atoms with van der Waals surface area (Å²) in [5.41, 5.74) is -0.0182. The first-order valence-electron chi connectivity index (χ1n) is 5.90. The van der Waals surface area contributed by atoms with E-state index in [9.17, 15) is 5.11 Å². The molecule has 0 saturated heterocycles. The highest BCUT2D eigenvalue weighted by Gasteiger charge is 2.36. The highest BCUT2D eigenvalue weighted by atomic mass is 79.9. The summed E-state index contributed by atoms with van der Waals surface area (Å²) < 4.78 is 7.73. The lowest BCUT2D eigenvalue weighted by molar-refractivity contribution is -0.0236. The van der Waals surface area contributed by atoms with Crippen LogP contribution in [0.15, 0.2) is 10.7 Å². The average Bonchev–Trinajstić information content (AvgIpc) is 2.67. The van der Waals surface area contributed by atoms with Crippen molar-refractivity contribution in [1.82, 2.24) is 9.78 Å². The standard InChI is InChI=1S/C12H21BrN2O2/c1-5-12(16,9(2)3)11-10(13)8-14-15(11)6-7-17-4/h8-9,16H,5-7H2,1-4H3. The zero-order chi connectivity index (χ0) is 13.1. The average molecular weight is 305 g/mol. The van der Waals surface area contributed by atoms with Gasteiger partial charge < -0.3 is 9.84 Å². The highest BCUT2D eigenvalue weighted by molar-refractivity contribution is 9.10. The number of aromatic nitrogens is 2. The lowest BCUT2D eigenvalue weighted by Gasteiger charge is -2.32. The fraction of sp³-hybridized carbons (Fsp3) is 0.750. The zero-order valence-corrected chi connectivity index (χ0v) is 12.5. The predicted molar refractivity (Wildman–Crippen MR) is 70.8 cm³/mol. The molecule has 1 unspecified atom stereocenters. The topological polar surface area (TPSA) is 47.3 Å². The van der Waals surface area contributed by atoms with E-state index in [1.807, 2.05) is 25.5 Å². The van der Waals surface area contributed by atoms with E-state index in [1.165, 1.54) is 0 Å². The zero-order valence-electron chi connectivity index (χ0n) is 10.9. The van der Waals surface area contributed by atoms with E-state index in [0.717, 1.165) is 10.2 Å². The SMILES string of the molecule is CCC(O)(c1c(Br)cnn1CCOC)C(C)C. The molecule has 1 atom stereocenters. The fourth-order valence-electron chi connectivity index (χ4n) is 1.99. The van der Waals surface area contributed by atoms with Crippen molar-refractivity contribution >= 4 is 15.9 Å². The molecule has 1 aromatic rings. The molecular weight excluding hydrogens is 284 g/mol. The van der Waals surface area contributed by atoms with Crippen molar-refractivity contribution in [2.45, 2.75) is 39.3 Å². The second-order valence-corrected chi connectivity index (χ2v) is 5.34. The Bertz CT molecular complexity index is 365. The maximum absolute atomic E-state index is 10.8. The first-order chi connectivity index (χ1) is 7.97. The van der Waals surface area contributed by atoms with E-state index in [-0.39, 0.29) is 5.92 Å². The van der Waals surface area contributed by atoms with Crippen LogP contribution in [0.4, 0.5) is 0 Å². The molecule has 0 aliphatic rings. The molecule has 0 spiro atoms. The van der Waals surface area contributed by atoms with Crippen LogP contribution in [0.25, 0.3) is 0 Å². The second kappa shape index (κ2) is 5.98. The van der Waals surface area contributed by atoms with Gasteiger partial charge in [-0.15, -0.1) is 0 Å². The Morgan fingerprint density at radius 2 is 2.24 bits per heavy atom. The van der Waals surface area contributed by atoms with E-state index in [0.29, 0.717) is 19.6 Å². The Morgan fingerprint density at radius 1 is 1.59 bits per heavy atom. The van der Waals surface area contributed by atoms with Gasteiger partial charge in [-0.25, -0.2) is 0 Å². The van der Waals surface area contributed by atoms with Crippen LogP contribution in [0, 0.1) is 5.92 Å². The van der Waals surface area contributed by atoms with Crippen LogP contribution in [0.2, 0.25) is 0 Å². The normalized spacial score (nSPS) is 15.2. The Kier molecular flexibility index (Phi) is 5.16. The van der Waals surface area contributed by atoms with Gasteiger partial charge in [-0.3, -0.25) is 4.68 Å². The summed E-state index contributed by atoms with van der Waals surface area (Å²) in [6, 6.07) is 0. The minimum atomic E-state index is -0.858. The van der Waals surface area contributed by atoms with Crippen molar-refractivity contribution in [2.75, 3.05) is 13.7 Å². The summed E-state index contributed by atoms with van der Waals surface area (Å²) in [6.45, 7) is 7.25. The number of ether oxygens (including phenoxy) is 1. The Morgan fingerprint density at radius 3 is 2.71 bits per heavy atom. The van der Waals surface area contributed by atoms with Gasteiger partial charge in [-0.05, 0) is 28.3 Å². The van der Waals surface area contributed by atoms with E-state index in [4.69, 9.17) is 4.74 Å². The van der Waals surface area contributed by atoms with Gasteiger partial charge in [0.1, 0.15) is 5.60 Å².